The number of nitrogens with one attached hydrogen (secondary N) is 2. The molecule has 2 atom stereocenters. The highest BCUT2D eigenvalue weighted by molar-refractivity contribution is 5.92. The van der Waals surface area contributed by atoms with Gasteiger partial charge in [-0.05, 0) is 37.0 Å². The molecule has 0 radical (unpaired) electrons. The minimum absolute atomic E-state index is 0.0608. The highest BCUT2D eigenvalue weighted by Crippen LogP contribution is 2.29. The zero-order valence-electron chi connectivity index (χ0n) is 16.6. The summed E-state index contributed by atoms with van der Waals surface area (Å²) in [6, 6.07) is 15.9. The maximum atomic E-state index is 12.4. The summed E-state index contributed by atoms with van der Waals surface area (Å²) in [6.45, 7) is 5.06. The summed E-state index contributed by atoms with van der Waals surface area (Å²) in [5.41, 5.74) is 1.94. The van der Waals surface area contributed by atoms with Gasteiger partial charge in [-0.2, -0.15) is 0 Å². The Morgan fingerprint density at radius 2 is 1.81 bits per heavy atom. The predicted octanol–water partition coefficient (Wildman–Crippen LogP) is 4.20. The summed E-state index contributed by atoms with van der Waals surface area (Å²) in [5, 5.41) is 6.40. The van der Waals surface area contributed by atoms with Crippen LogP contribution in [-0.4, -0.2) is 32.7 Å². The van der Waals surface area contributed by atoms with Gasteiger partial charge < -0.3 is 20.1 Å². The number of ether oxygens (including phenoxy) is 2. The summed E-state index contributed by atoms with van der Waals surface area (Å²) < 4.78 is 10.5. The van der Waals surface area contributed by atoms with Crippen LogP contribution in [0, 0.1) is 0 Å². The van der Waals surface area contributed by atoms with Crippen molar-refractivity contribution < 1.29 is 14.3 Å². The lowest BCUT2D eigenvalue weighted by molar-refractivity contribution is -0.116. The van der Waals surface area contributed by atoms with Crippen LogP contribution in [0.2, 0.25) is 0 Å². The second kappa shape index (κ2) is 10.6. The highest BCUT2D eigenvalue weighted by Gasteiger charge is 2.15. The van der Waals surface area contributed by atoms with Crippen molar-refractivity contribution in [3.8, 4) is 11.5 Å². The van der Waals surface area contributed by atoms with E-state index in [0.717, 1.165) is 13.0 Å². The first kappa shape index (κ1) is 20.8. The summed E-state index contributed by atoms with van der Waals surface area (Å²) in [4.78, 5) is 12.4. The third-order valence-electron chi connectivity index (χ3n) is 4.65. The second-order valence-corrected chi connectivity index (χ2v) is 6.64. The first-order chi connectivity index (χ1) is 13.1. The maximum absolute atomic E-state index is 12.4. The van der Waals surface area contributed by atoms with Crippen molar-refractivity contribution in [1.29, 1.82) is 0 Å². The van der Waals surface area contributed by atoms with Gasteiger partial charge in [-0.3, -0.25) is 4.79 Å². The van der Waals surface area contributed by atoms with E-state index in [0.29, 0.717) is 29.5 Å². The molecular formula is C22H30N2O3. The second-order valence-electron chi connectivity index (χ2n) is 6.64. The van der Waals surface area contributed by atoms with Gasteiger partial charge in [0, 0.05) is 25.1 Å². The third-order valence-corrected chi connectivity index (χ3v) is 4.65. The van der Waals surface area contributed by atoms with Gasteiger partial charge in [0.05, 0.1) is 19.9 Å². The molecule has 0 heterocycles. The number of rotatable bonds is 10. The molecule has 0 saturated heterocycles. The van der Waals surface area contributed by atoms with Crippen LogP contribution >= 0.6 is 0 Å². The van der Waals surface area contributed by atoms with E-state index < -0.39 is 0 Å². The van der Waals surface area contributed by atoms with E-state index in [4.69, 9.17) is 9.47 Å². The Balaban J connectivity index is 1.88. The van der Waals surface area contributed by atoms with Crippen LogP contribution < -0.4 is 20.1 Å². The Labute approximate surface area is 162 Å². The van der Waals surface area contributed by atoms with Crippen LogP contribution in [0.15, 0.2) is 48.5 Å². The van der Waals surface area contributed by atoms with E-state index in [2.05, 4.69) is 41.8 Å². The van der Waals surface area contributed by atoms with E-state index in [1.165, 1.54) is 5.56 Å². The third kappa shape index (κ3) is 6.29. The highest BCUT2D eigenvalue weighted by atomic mass is 16.5. The number of anilines is 1. The monoisotopic (exact) mass is 370 g/mol. The Hall–Kier alpha value is -2.53. The SMILES string of the molecule is CCC(CNC(C)CC(=O)Nc1cc(OC)ccc1OC)c1ccccc1. The molecule has 27 heavy (non-hydrogen) atoms. The number of benzene rings is 2. The Morgan fingerprint density at radius 1 is 1.07 bits per heavy atom. The van der Waals surface area contributed by atoms with Gasteiger partial charge in [0.25, 0.3) is 0 Å². The normalized spacial score (nSPS) is 12.9. The lowest BCUT2D eigenvalue weighted by Crippen LogP contribution is -2.33. The Kier molecular flexibility index (Phi) is 8.14. The van der Waals surface area contributed by atoms with Gasteiger partial charge in [-0.1, -0.05) is 37.3 Å². The van der Waals surface area contributed by atoms with E-state index in [1.807, 2.05) is 13.0 Å². The Bertz CT molecular complexity index is 719. The summed E-state index contributed by atoms with van der Waals surface area (Å²) in [5.74, 6) is 1.66. The summed E-state index contributed by atoms with van der Waals surface area (Å²) >= 11 is 0. The average molecular weight is 370 g/mol. The zero-order valence-corrected chi connectivity index (χ0v) is 16.6. The molecule has 2 aromatic carbocycles. The topological polar surface area (TPSA) is 59.6 Å². The Morgan fingerprint density at radius 3 is 2.44 bits per heavy atom. The average Bonchev–Trinajstić information content (AvgIpc) is 2.69. The molecule has 0 bridgehead atoms. The number of hydrogen-bond donors (Lipinski definition) is 2. The molecule has 5 heteroatoms. The predicted molar refractivity (Wildman–Crippen MR) is 110 cm³/mol. The van der Waals surface area contributed by atoms with Crippen molar-refractivity contribution in [2.24, 2.45) is 0 Å². The quantitative estimate of drug-likeness (QED) is 0.658. The summed E-state index contributed by atoms with van der Waals surface area (Å²) in [7, 11) is 3.17. The minimum atomic E-state index is -0.0608. The van der Waals surface area contributed by atoms with Gasteiger partial charge in [-0.25, -0.2) is 0 Å². The molecule has 0 aliphatic heterocycles. The molecule has 2 rings (SSSR count). The fourth-order valence-corrected chi connectivity index (χ4v) is 3.03. The minimum Gasteiger partial charge on any atom is -0.497 e. The number of methoxy groups -OCH3 is 2. The molecule has 5 nitrogen and oxygen atoms in total. The maximum Gasteiger partial charge on any atom is 0.226 e. The van der Waals surface area contributed by atoms with Gasteiger partial charge >= 0.3 is 0 Å². The van der Waals surface area contributed by atoms with Crippen molar-refractivity contribution in [3.05, 3.63) is 54.1 Å². The van der Waals surface area contributed by atoms with E-state index in [-0.39, 0.29) is 11.9 Å². The molecule has 0 aromatic heterocycles. The van der Waals surface area contributed by atoms with Crippen LogP contribution in [0.25, 0.3) is 0 Å². The molecule has 2 unspecified atom stereocenters. The van der Waals surface area contributed by atoms with E-state index in [1.54, 1.807) is 32.4 Å². The molecule has 2 aromatic rings. The zero-order chi connectivity index (χ0) is 19.6. The number of carbonyl (C=O) groups is 1. The van der Waals surface area contributed by atoms with Crippen molar-refractivity contribution in [1.82, 2.24) is 5.32 Å². The molecule has 1 amide bonds. The van der Waals surface area contributed by atoms with Crippen molar-refractivity contribution >= 4 is 11.6 Å². The lowest BCUT2D eigenvalue weighted by Gasteiger charge is -2.20. The van der Waals surface area contributed by atoms with E-state index >= 15 is 0 Å². The molecule has 0 aliphatic carbocycles. The van der Waals surface area contributed by atoms with Gasteiger partial charge in [0.2, 0.25) is 5.91 Å². The van der Waals surface area contributed by atoms with Crippen LogP contribution in [0.1, 0.15) is 38.2 Å². The number of hydrogen-bond acceptors (Lipinski definition) is 4. The van der Waals surface area contributed by atoms with Gasteiger partial charge in [-0.15, -0.1) is 0 Å². The molecule has 0 spiro atoms. The molecule has 2 N–H and O–H groups in total. The standard InChI is InChI=1S/C22H30N2O3/c1-5-17(18-9-7-6-8-10-18)15-23-16(2)13-22(25)24-20-14-19(26-3)11-12-21(20)27-4/h6-12,14,16-17,23H,5,13,15H2,1-4H3,(H,24,25). The smallest absolute Gasteiger partial charge is 0.226 e. The lowest BCUT2D eigenvalue weighted by atomic mass is 9.96. The van der Waals surface area contributed by atoms with Gasteiger partial charge in [0.1, 0.15) is 11.5 Å². The number of amides is 1. The molecular weight excluding hydrogens is 340 g/mol. The van der Waals surface area contributed by atoms with Gasteiger partial charge in [0.15, 0.2) is 0 Å². The van der Waals surface area contributed by atoms with Crippen LogP contribution in [0.5, 0.6) is 11.5 Å². The van der Waals surface area contributed by atoms with Crippen molar-refractivity contribution in [3.63, 3.8) is 0 Å². The van der Waals surface area contributed by atoms with Crippen LogP contribution in [0.4, 0.5) is 5.69 Å². The molecule has 146 valence electrons. The van der Waals surface area contributed by atoms with Crippen LogP contribution in [-0.2, 0) is 4.79 Å². The largest absolute Gasteiger partial charge is 0.497 e. The van der Waals surface area contributed by atoms with Crippen molar-refractivity contribution in [2.75, 3.05) is 26.1 Å². The first-order valence-electron chi connectivity index (χ1n) is 9.37. The number of carbonyl (C=O) groups excluding carboxylic acids is 1. The summed E-state index contributed by atoms with van der Waals surface area (Å²) in [6.07, 6.45) is 1.43. The molecule has 0 aliphatic rings. The van der Waals surface area contributed by atoms with E-state index in [9.17, 15) is 4.79 Å². The fraction of sp³-hybridized carbons (Fsp3) is 0.409. The molecule has 0 saturated carbocycles. The fourth-order valence-electron chi connectivity index (χ4n) is 3.03. The first-order valence-corrected chi connectivity index (χ1v) is 9.37. The van der Waals surface area contributed by atoms with Crippen LogP contribution in [0.3, 0.4) is 0 Å². The van der Waals surface area contributed by atoms with Crippen molar-refractivity contribution in [2.45, 2.75) is 38.6 Å². The molecule has 0 fully saturated rings.